The molecule has 2 amide bonds. The van der Waals surface area contributed by atoms with Crippen molar-refractivity contribution in [3.05, 3.63) is 59.7 Å². The van der Waals surface area contributed by atoms with Crippen LogP contribution in [-0.2, 0) is 11.2 Å². The van der Waals surface area contributed by atoms with Crippen LogP contribution in [0.15, 0.2) is 48.5 Å². The van der Waals surface area contributed by atoms with Crippen molar-refractivity contribution in [1.82, 2.24) is 5.32 Å². The molecule has 0 atom stereocenters. The maximum absolute atomic E-state index is 12.4. The van der Waals surface area contributed by atoms with Crippen molar-refractivity contribution in [1.29, 1.82) is 0 Å². The maximum atomic E-state index is 12.4. The number of aryl methyl sites for hydroxylation is 1. The predicted octanol–water partition coefficient (Wildman–Crippen LogP) is 3.22. The van der Waals surface area contributed by atoms with E-state index in [2.05, 4.69) is 27.7 Å². The molecule has 0 bridgehead atoms. The molecule has 2 aromatic carbocycles. The highest BCUT2D eigenvalue weighted by Gasteiger charge is 2.18. The molecule has 1 aliphatic rings. The molecule has 0 fully saturated rings. The number of para-hydroxylation sites is 1. The van der Waals surface area contributed by atoms with Gasteiger partial charge in [0, 0.05) is 30.0 Å². The standard InChI is InChI=1S/C21H25N3O2/c1-2-13-22-21(26)17-9-11-18(12-10-17)23-20(25)15-24-14-5-7-16-6-3-4-8-19(16)24/h3-4,6,8-12H,2,5,7,13-15H2,1H3,(H,22,26)(H,23,25). The molecule has 0 saturated carbocycles. The number of fused-ring (bicyclic) bond motifs is 1. The number of rotatable bonds is 6. The van der Waals surface area contributed by atoms with Gasteiger partial charge >= 0.3 is 0 Å². The lowest BCUT2D eigenvalue weighted by Crippen LogP contribution is -2.36. The number of carbonyl (C=O) groups excluding carboxylic acids is 2. The van der Waals surface area contributed by atoms with Crippen LogP contribution in [-0.4, -0.2) is 31.4 Å². The molecular formula is C21H25N3O2. The van der Waals surface area contributed by atoms with Gasteiger partial charge in [0.05, 0.1) is 6.54 Å². The number of amides is 2. The summed E-state index contributed by atoms with van der Waals surface area (Å²) in [5.74, 6) is -0.139. The zero-order valence-electron chi connectivity index (χ0n) is 15.1. The third kappa shape index (κ3) is 4.42. The van der Waals surface area contributed by atoms with Crippen molar-refractivity contribution in [2.45, 2.75) is 26.2 Å². The summed E-state index contributed by atoms with van der Waals surface area (Å²) >= 11 is 0. The van der Waals surface area contributed by atoms with Gasteiger partial charge in [-0.1, -0.05) is 25.1 Å². The Morgan fingerprint density at radius 3 is 2.62 bits per heavy atom. The van der Waals surface area contributed by atoms with Crippen LogP contribution in [0.4, 0.5) is 11.4 Å². The highest BCUT2D eigenvalue weighted by molar-refractivity contribution is 5.96. The average Bonchev–Trinajstić information content (AvgIpc) is 2.67. The van der Waals surface area contributed by atoms with Crippen molar-refractivity contribution in [2.24, 2.45) is 0 Å². The van der Waals surface area contributed by atoms with Crippen LogP contribution in [0.1, 0.15) is 35.7 Å². The summed E-state index contributed by atoms with van der Waals surface area (Å²) in [5, 5.41) is 5.76. The maximum Gasteiger partial charge on any atom is 0.251 e. The molecule has 0 unspecified atom stereocenters. The van der Waals surface area contributed by atoms with E-state index in [4.69, 9.17) is 0 Å². The largest absolute Gasteiger partial charge is 0.362 e. The molecule has 0 spiro atoms. The fourth-order valence-corrected chi connectivity index (χ4v) is 3.20. The molecule has 5 heteroatoms. The van der Waals surface area contributed by atoms with Crippen LogP contribution >= 0.6 is 0 Å². The molecule has 3 rings (SSSR count). The summed E-state index contributed by atoms with van der Waals surface area (Å²) in [6, 6.07) is 15.3. The Morgan fingerprint density at radius 2 is 1.85 bits per heavy atom. The van der Waals surface area contributed by atoms with Crippen LogP contribution < -0.4 is 15.5 Å². The van der Waals surface area contributed by atoms with Crippen LogP contribution in [0.3, 0.4) is 0 Å². The highest BCUT2D eigenvalue weighted by Crippen LogP contribution is 2.26. The number of hydrogen-bond acceptors (Lipinski definition) is 3. The first kappa shape index (κ1) is 18.0. The first-order valence-corrected chi connectivity index (χ1v) is 9.18. The Labute approximate surface area is 154 Å². The summed E-state index contributed by atoms with van der Waals surface area (Å²) in [6.45, 7) is 3.89. The van der Waals surface area contributed by atoms with Crippen LogP contribution in [0.25, 0.3) is 0 Å². The van der Waals surface area contributed by atoms with E-state index < -0.39 is 0 Å². The van der Waals surface area contributed by atoms with E-state index in [0.29, 0.717) is 24.3 Å². The summed E-state index contributed by atoms with van der Waals surface area (Å²) in [5.41, 5.74) is 3.75. The summed E-state index contributed by atoms with van der Waals surface area (Å²) in [6.07, 6.45) is 3.03. The van der Waals surface area contributed by atoms with E-state index in [1.54, 1.807) is 24.3 Å². The molecule has 2 N–H and O–H groups in total. The zero-order valence-corrected chi connectivity index (χ0v) is 15.1. The molecule has 5 nitrogen and oxygen atoms in total. The third-order valence-corrected chi connectivity index (χ3v) is 4.51. The van der Waals surface area contributed by atoms with Crippen molar-refractivity contribution in [3.8, 4) is 0 Å². The highest BCUT2D eigenvalue weighted by atomic mass is 16.2. The number of benzene rings is 2. The Kier molecular flexibility index (Phi) is 5.89. The van der Waals surface area contributed by atoms with E-state index >= 15 is 0 Å². The minimum absolute atomic E-state index is 0.0510. The lowest BCUT2D eigenvalue weighted by atomic mass is 10.0. The van der Waals surface area contributed by atoms with Gasteiger partial charge in [-0.05, 0) is 55.2 Å². The van der Waals surface area contributed by atoms with Crippen molar-refractivity contribution in [3.63, 3.8) is 0 Å². The van der Waals surface area contributed by atoms with Gasteiger partial charge in [-0.15, -0.1) is 0 Å². The first-order chi connectivity index (χ1) is 12.7. The second kappa shape index (κ2) is 8.52. The van der Waals surface area contributed by atoms with Crippen LogP contribution in [0.5, 0.6) is 0 Å². The monoisotopic (exact) mass is 351 g/mol. The van der Waals surface area contributed by atoms with Gasteiger partial charge < -0.3 is 15.5 Å². The van der Waals surface area contributed by atoms with Gasteiger partial charge in [0.15, 0.2) is 0 Å². The predicted molar refractivity (Wildman–Crippen MR) is 105 cm³/mol. The lowest BCUT2D eigenvalue weighted by Gasteiger charge is -2.30. The van der Waals surface area contributed by atoms with Gasteiger partial charge in [0.25, 0.3) is 5.91 Å². The second-order valence-corrected chi connectivity index (χ2v) is 6.54. The summed E-state index contributed by atoms with van der Waals surface area (Å²) < 4.78 is 0. The SMILES string of the molecule is CCCNC(=O)c1ccc(NC(=O)CN2CCCc3ccccc32)cc1. The molecule has 2 aromatic rings. The fraction of sp³-hybridized carbons (Fsp3) is 0.333. The van der Waals surface area contributed by atoms with E-state index in [1.165, 1.54) is 5.56 Å². The number of nitrogens with one attached hydrogen (secondary N) is 2. The van der Waals surface area contributed by atoms with Crippen molar-refractivity contribution < 1.29 is 9.59 Å². The van der Waals surface area contributed by atoms with Crippen molar-refractivity contribution in [2.75, 3.05) is 29.9 Å². The summed E-state index contributed by atoms with van der Waals surface area (Å²) in [4.78, 5) is 26.5. The molecule has 1 heterocycles. The smallest absolute Gasteiger partial charge is 0.251 e. The van der Waals surface area contributed by atoms with Crippen molar-refractivity contribution >= 4 is 23.2 Å². The molecule has 136 valence electrons. The molecule has 0 saturated heterocycles. The quantitative estimate of drug-likeness (QED) is 0.840. The van der Waals surface area contributed by atoms with E-state index in [9.17, 15) is 9.59 Å². The minimum atomic E-state index is -0.0883. The van der Waals surface area contributed by atoms with Gasteiger partial charge in [0.1, 0.15) is 0 Å². The molecule has 0 aromatic heterocycles. The van der Waals surface area contributed by atoms with Gasteiger partial charge in [-0.25, -0.2) is 0 Å². The average molecular weight is 351 g/mol. The number of carbonyl (C=O) groups is 2. The van der Waals surface area contributed by atoms with E-state index in [1.807, 2.05) is 19.1 Å². The molecular weight excluding hydrogens is 326 g/mol. The second-order valence-electron chi connectivity index (χ2n) is 6.54. The normalized spacial score (nSPS) is 13.0. The number of hydrogen-bond donors (Lipinski definition) is 2. The number of nitrogens with zero attached hydrogens (tertiary/aromatic N) is 1. The molecule has 26 heavy (non-hydrogen) atoms. The number of anilines is 2. The minimum Gasteiger partial charge on any atom is -0.362 e. The molecule has 0 radical (unpaired) electrons. The lowest BCUT2D eigenvalue weighted by molar-refractivity contribution is -0.115. The Hall–Kier alpha value is -2.82. The van der Waals surface area contributed by atoms with Gasteiger partial charge in [-0.2, -0.15) is 0 Å². The fourth-order valence-electron chi connectivity index (χ4n) is 3.20. The molecule has 0 aliphatic carbocycles. The third-order valence-electron chi connectivity index (χ3n) is 4.51. The Morgan fingerprint density at radius 1 is 1.08 bits per heavy atom. The Bertz CT molecular complexity index is 771. The Balaban J connectivity index is 1.58. The van der Waals surface area contributed by atoms with Crippen LogP contribution in [0, 0.1) is 0 Å². The van der Waals surface area contributed by atoms with Crippen LogP contribution in [0.2, 0.25) is 0 Å². The molecule has 1 aliphatic heterocycles. The zero-order chi connectivity index (χ0) is 18.4. The summed E-state index contributed by atoms with van der Waals surface area (Å²) in [7, 11) is 0. The van der Waals surface area contributed by atoms with Gasteiger partial charge in [0.2, 0.25) is 5.91 Å². The van der Waals surface area contributed by atoms with E-state index in [-0.39, 0.29) is 11.8 Å². The topological polar surface area (TPSA) is 61.4 Å². The van der Waals surface area contributed by atoms with Gasteiger partial charge in [-0.3, -0.25) is 9.59 Å². The van der Waals surface area contributed by atoms with E-state index in [0.717, 1.165) is 31.5 Å². The first-order valence-electron chi connectivity index (χ1n) is 9.18.